The van der Waals surface area contributed by atoms with Gasteiger partial charge in [0, 0.05) is 11.7 Å². The summed E-state index contributed by atoms with van der Waals surface area (Å²) in [6.07, 6.45) is 0. The Hall–Kier alpha value is -2.28. The van der Waals surface area contributed by atoms with E-state index >= 15 is 0 Å². The third-order valence-corrected chi connectivity index (χ3v) is 3.81. The molecule has 0 aromatic heterocycles. The van der Waals surface area contributed by atoms with Gasteiger partial charge in [-0.05, 0) is 41.8 Å². The molecule has 0 aliphatic carbocycles. The quantitative estimate of drug-likeness (QED) is 0.672. The number of aryl methyl sites for hydroxylation is 1. The Labute approximate surface area is 120 Å². The average Bonchev–Trinajstić information content (AvgIpc) is 2.49. The summed E-state index contributed by atoms with van der Waals surface area (Å²) in [7, 11) is 0. The van der Waals surface area contributed by atoms with E-state index in [-0.39, 0.29) is 6.04 Å². The van der Waals surface area contributed by atoms with Crippen molar-refractivity contribution < 1.29 is 0 Å². The lowest BCUT2D eigenvalue weighted by molar-refractivity contribution is 0.892. The van der Waals surface area contributed by atoms with E-state index in [1.807, 2.05) is 0 Å². The van der Waals surface area contributed by atoms with Crippen LogP contribution in [0.2, 0.25) is 0 Å². The molecule has 1 heteroatoms. The molecule has 20 heavy (non-hydrogen) atoms. The van der Waals surface area contributed by atoms with Gasteiger partial charge in [-0.15, -0.1) is 0 Å². The van der Waals surface area contributed by atoms with Crippen LogP contribution in [0.5, 0.6) is 0 Å². The fourth-order valence-corrected chi connectivity index (χ4v) is 2.67. The highest BCUT2D eigenvalue weighted by molar-refractivity contribution is 5.86. The van der Waals surface area contributed by atoms with E-state index in [0.29, 0.717) is 0 Å². The minimum absolute atomic E-state index is 0.280. The molecular weight excluding hydrogens is 242 g/mol. The van der Waals surface area contributed by atoms with Gasteiger partial charge in [0.2, 0.25) is 0 Å². The van der Waals surface area contributed by atoms with Gasteiger partial charge in [-0.25, -0.2) is 0 Å². The molecule has 0 fully saturated rings. The predicted molar refractivity (Wildman–Crippen MR) is 87.2 cm³/mol. The fraction of sp³-hybridized carbons (Fsp3) is 0.158. The van der Waals surface area contributed by atoms with Crippen LogP contribution in [-0.2, 0) is 0 Å². The maximum absolute atomic E-state index is 3.62. The predicted octanol–water partition coefficient (Wildman–Crippen LogP) is 5.32. The monoisotopic (exact) mass is 261 g/mol. The first-order valence-corrected chi connectivity index (χ1v) is 7.05. The Bertz CT molecular complexity index is 725. The highest BCUT2D eigenvalue weighted by atomic mass is 14.9. The zero-order chi connectivity index (χ0) is 13.9. The number of anilines is 1. The van der Waals surface area contributed by atoms with Crippen LogP contribution in [-0.4, -0.2) is 0 Å². The fourth-order valence-electron chi connectivity index (χ4n) is 2.67. The zero-order valence-corrected chi connectivity index (χ0v) is 11.9. The van der Waals surface area contributed by atoms with E-state index in [1.54, 1.807) is 0 Å². The molecule has 0 saturated carbocycles. The highest BCUT2D eigenvalue weighted by Crippen LogP contribution is 2.27. The van der Waals surface area contributed by atoms with Crippen molar-refractivity contribution in [3.63, 3.8) is 0 Å². The summed E-state index contributed by atoms with van der Waals surface area (Å²) in [5.41, 5.74) is 3.82. The molecule has 0 radical (unpaired) electrons. The zero-order valence-electron chi connectivity index (χ0n) is 11.9. The molecule has 1 atom stereocenters. The largest absolute Gasteiger partial charge is 0.378 e. The van der Waals surface area contributed by atoms with Gasteiger partial charge in [-0.2, -0.15) is 0 Å². The van der Waals surface area contributed by atoms with Gasteiger partial charge in [-0.3, -0.25) is 0 Å². The molecule has 3 rings (SSSR count). The van der Waals surface area contributed by atoms with Crippen molar-refractivity contribution in [1.29, 1.82) is 0 Å². The smallest absolute Gasteiger partial charge is 0.0491 e. The van der Waals surface area contributed by atoms with Crippen molar-refractivity contribution in [2.45, 2.75) is 19.9 Å². The molecule has 100 valence electrons. The number of nitrogens with one attached hydrogen (secondary N) is 1. The Balaban J connectivity index is 1.97. The molecule has 0 aliphatic heterocycles. The van der Waals surface area contributed by atoms with Crippen molar-refractivity contribution in [2.24, 2.45) is 0 Å². The molecule has 3 aromatic carbocycles. The maximum atomic E-state index is 3.62. The first kappa shape index (κ1) is 12.7. The molecule has 0 aliphatic rings. The third kappa shape index (κ3) is 2.39. The molecule has 1 N–H and O–H groups in total. The van der Waals surface area contributed by atoms with Crippen LogP contribution in [0.1, 0.15) is 24.1 Å². The normalized spacial score (nSPS) is 12.3. The minimum atomic E-state index is 0.280. The SMILES string of the molecule is Cc1ccccc1NC(C)c1cccc2ccccc12. The van der Waals surface area contributed by atoms with Crippen LogP contribution in [0, 0.1) is 6.92 Å². The lowest BCUT2D eigenvalue weighted by atomic mass is 9.99. The van der Waals surface area contributed by atoms with Crippen LogP contribution < -0.4 is 5.32 Å². The summed E-state index contributed by atoms with van der Waals surface area (Å²) in [5, 5.41) is 6.24. The van der Waals surface area contributed by atoms with Gasteiger partial charge >= 0.3 is 0 Å². The number of rotatable bonds is 3. The summed E-state index contributed by atoms with van der Waals surface area (Å²) >= 11 is 0. The van der Waals surface area contributed by atoms with Crippen LogP contribution in [0.25, 0.3) is 10.8 Å². The average molecular weight is 261 g/mol. The molecular formula is C19H19N. The molecule has 0 heterocycles. The second-order valence-corrected chi connectivity index (χ2v) is 5.25. The first-order chi connectivity index (χ1) is 9.75. The molecule has 0 saturated heterocycles. The standard InChI is InChI=1S/C19H19N/c1-14-8-3-6-13-19(14)20-15(2)17-12-7-10-16-9-4-5-11-18(16)17/h3-13,15,20H,1-2H3. The van der Waals surface area contributed by atoms with Crippen LogP contribution in [0.15, 0.2) is 66.7 Å². The summed E-state index contributed by atoms with van der Waals surface area (Å²) in [6.45, 7) is 4.35. The van der Waals surface area contributed by atoms with Gasteiger partial charge in [0.1, 0.15) is 0 Å². The van der Waals surface area contributed by atoms with Crippen LogP contribution in [0.4, 0.5) is 5.69 Å². The molecule has 0 spiro atoms. The van der Waals surface area contributed by atoms with E-state index in [2.05, 4.69) is 85.9 Å². The van der Waals surface area contributed by atoms with E-state index < -0.39 is 0 Å². The van der Waals surface area contributed by atoms with Gasteiger partial charge in [0.05, 0.1) is 0 Å². The Kier molecular flexibility index (Phi) is 3.42. The van der Waals surface area contributed by atoms with E-state index in [4.69, 9.17) is 0 Å². The molecule has 3 aromatic rings. The molecule has 1 unspecified atom stereocenters. The summed E-state index contributed by atoms with van der Waals surface area (Å²) in [4.78, 5) is 0. The topological polar surface area (TPSA) is 12.0 Å². The summed E-state index contributed by atoms with van der Waals surface area (Å²) < 4.78 is 0. The van der Waals surface area contributed by atoms with Crippen molar-refractivity contribution >= 4 is 16.5 Å². The van der Waals surface area contributed by atoms with Crippen LogP contribution in [0.3, 0.4) is 0 Å². The first-order valence-electron chi connectivity index (χ1n) is 7.05. The van der Waals surface area contributed by atoms with Crippen molar-refractivity contribution in [2.75, 3.05) is 5.32 Å². The van der Waals surface area contributed by atoms with Crippen molar-refractivity contribution in [3.05, 3.63) is 77.9 Å². The van der Waals surface area contributed by atoms with Crippen molar-refractivity contribution in [3.8, 4) is 0 Å². The lowest BCUT2D eigenvalue weighted by Crippen LogP contribution is -2.08. The second-order valence-electron chi connectivity index (χ2n) is 5.25. The maximum Gasteiger partial charge on any atom is 0.0491 e. The number of hydrogen-bond acceptors (Lipinski definition) is 1. The Morgan fingerprint density at radius 2 is 1.50 bits per heavy atom. The molecule has 0 amide bonds. The number of benzene rings is 3. The highest BCUT2D eigenvalue weighted by Gasteiger charge is 2.09. The summed E-state index contributed by atoms with van der Waals surface area (Å²) in [5.74, 6) is 0. The number of hydrogen-bond donors (Lipinski definition) is 1. The van der Waals surface area contributed by atoms with Gasteiger partial charge < -0.3 is 5.32 Å². The van der Waals surface area contributed by atoms with Gasteiger partial charge in [-0.1, -0.05) is 60.7 Å². The van der Waals surface area contributed by atoms with Crippen molar-refractivity contribution in [1.82, 2.24) is 0 Å². The number of para-hydroxylation sites is 1. The molecule has 0 bridgehead atoms. The number of fused-ring (bicyclic) bond motifs is 1. The molecule has 1 nitrogen and oxygen atoms in total. The van der Waals surface area contributed by atoms with Gasteiger partial charge in [0.15, 0.2) is 0 Å². The van der Waals surface area contributed by atoms with E-state index in [1.165, 1.54) is 27.6 Å². The van der Waals surface area contributed by atoms with Gasteiger partial charge in [0.25, 0.3) is 0 Å². The second kappa shape index (κ2) is 5.38. The Morgan fingerprint density at radius 1 is 0.800 bits per heavy atom. The van der Waals surface area contributed by atoms with E-state index in [9.17, 15) is 0 Å². The van der Waals surface area contributed by atoms with E-state index in [0.717, 1.165) is 0 Å². The summed E-state index contributed by atoms with van der Waals surface area (Å²) in [6, 6.07) is 23.8. The Morgan fingerprint density at radius 3 is 2.35 bits per heavy atom. The third-order valence-electron chi connectivity index (χ3n) is 3.81. The van der Waals surface area contributed by atoms with Crippen LogP contribution >= 0.6 is 0 Å². The lowest BCUT2D eigenvalue weighted by Gasteiger charge is -2.19. The minimum Gasteiger partial charge on any atom is -0.378 e.